The van der Waals surface area contributed by atoms with E-state index in [4.69, 9.17) is 13.9 Å². The molecule has 0 aliphatic rings. The van der Waals surface area contributed by atoms with Crippen LogP contribution >= 0.6 is 0 Å². The van der Waals surface area contributed by atoms with E-state index in [1.807, 2.05) is 5.32 Å². The highest BCUT2D eigenvalue weighted by Gasteiger charge is 2.60. The number of hydrogen-bond acceptors (Lipinski definition) is 8. The molecule has 2 N–H and O–H groups in total. The summed E-state index contributed by atoms with van der Waals surface area (Å²) >= 11 is 0. The molecule has 0 radical (unpaired) electrons. The second-order valence-electron chi connectivity index (χ2n) is 9.38. The van der Waals surface area contributed by atoms with E-state index in [0.717, 1.165) is 6.08 Å². The first kappa shape index (κ1) is 30.4. The number of aromatic nitrogens is 3. The highest BCUT2D eigenvalue weighted by molar-refractivity contribution is 5.89. The molecule has 1 amide bonds. The average Bonchev–Trinajstić information content (AvgIpc) is 3.31. The van der Waals surface area contributed by atoms with Crippen LogP contribution in [0.2, 0.25) is 0 Å². The Morgan fingerprint density at radius 1 is 1.10 bits per heavy atom. The second-order valence-corrected chi connectivity index (χ2v) is 9.38. The Kier molecular flexibility index (Phi) is 8.48. The minimum Gasteiger partial charge on any atom is -0.493 e. The lowest BCUT2D eigenvalue weighted by Crippen LogP contribution is -2.45. The fourth-order valence-electron chi connectivity index (χ4n) is 3.38. The van der Waals surface area contributed by atoms with Crippen LogP contribution in [0.4, 0.5) is 36.8 Å². The number of carbonyl (C=O) groups is 1. The van der Waals surface area contributed by atoms with Gasteiger partial charge in [-0.1, -0.05) is 36.4 Å². The van der Waals surface area contributed by atoms with E-state index < -0.39 is 77.3 Å². The van der Waals surface area contributed by atoms with Gasteiger partial charge in [-0.2, -0.15) is 26.3 Å². The standard InChI is InChI=1S/C25H24F6N4O5/c1-5-11-23(25(29,30)31,38-13-14-9-7-6-8-10-14)20-35-34-19(39-20)17-16(32-21(37)40-22(2,3)4)12-15(18(36)33-17)24(26,27)28/h5-10,12H,1,11,13H2,2-4H3,(H,32,37)(H,33,36). The summed E-state index contributed by atoms with van der Waals surface area (Å²) in [4.78, 5) is 15.7. The van der Waals surface area contributed by atoms with Crippen LogP contribution in [-0.4, -0.2) is 38.2 Å². The number of rotatable bonds is 8. The third-order valence-corrected chi connectivity index (χ3v) is 5.13. The molecule has 3 aromatic rings. The van der Waals surface area contributed by atoms with E-state index in [2.05, 4.69) is 21.8 Å². The van der Waals surface area contributed by atoms with Crippen molar-refractivity contribution in [3.8, 4) is 17.5 Å². The number of aromatic hydroxyl groups is 1. The molecule has 2 aromatic heterocycles. The van der Waals surface area contributed by atoms with Crippen LogP contribution in [-0.2, 0) is 27.9 Å². The second kappa shape index (κ2) is 11.2. The topological polar surface area (TPSA) is 120 Å². The molecule has 216 valence electrons. The van der Waals surface area contributed by atoms with Crippen molar-refractivity contribution in [3.05, 3.63) is 66.1 Å². The summed E-state index contributed by atoms with van der Waals surface area (Å²) in [6.07, 6.45) is -11.4. The van der Waals surface area contributed by atoms with Gasteiger partial charge in [0.15, 0.2) is 5.69 Å². The molecule has 0 fully saturated rings. The van der Waals surface area contributed by atoms with Crippen LogP contribution in [0.25, 0.3) is 11.6 Å². The van der Waals surface area contributed by atoms with E-state index >= 15 is 0 Å². The van der Waals surface area contributed by atoms with Crippen molar-refractivity contribution in [2.75, 3.05) is 5.32 Å². The Morgan fingerprint density at radius 3 is 2.30 bits per heavy atom. The maximum Gasteiger partial charge on any atom is 0.426 e. The summed E-state index contributed by atoms with van der Waals surface area (Å²) in [6, 6.07) is 8.19. The summed E-state index contributed by atoms with van der Waals surface area (Å²) in [5.74, 6) is -3.52. The van der Waals surface area contributed by atoms with Crippen molar-refractivity contribution in [1.29, 1.82) is 0 Å². The molecular weight excluding hydrogens is 550 g/mol. The van der Waals surface area contributed by atoms with Gasteiger partial charge >= 0.3 is 18.4 Å². The molecular formula is C25H24F6N4O5. The Hall–Kier alpha value is -4.14. The SMILES string of the molecule is C=CCC(OCc1ccccc1)(c1nnc(-c2nc(O)c(C(F)(F)F)cc2NC(=O)OC(C)(C)C)o1)C(F)(F)F. The smallest absolute Gasteiger partial charge is 0.426 e. The number of pyridine rings is 1. The monoisotopic (exact) mass is 574 g/mol. The van der Waals surface area contributed by atoms with Crippen LogP contribution in [0.1, 0.15) is 44.2 Å². The Morgan fingerprint density at radius 2 is 1.75 bits per heavy atom. The van der Waals surface area contributed by atoms with Crippen molar-refractivity contribution in [2.45, 2.75) is 57.4 Å². The number of alkyl halides is 6. The molecule has 0 spiro atoms. The quantitative estimate of drug-likeness (QED) is 0.224. The number of halogens is 6. The summed E-state index contributed by atoms with van der Waals surface area (Å²) in [6.45, 7) is 7.27. The molecule has 40 heavy (non-hydrogen) atoms. The normalized spacial score (nSPS) is 13.9. The Bertz CT molecular complexity index is 1350. The molecule has 0 saturated heterocycles. The van der Waals surface area contributed by atoms with Gasteiger partial charge in [-0.25, -0.2) is 9.78 Å². The molecule has 3 rings (SSSR count). The highest BCUT2D eigenvalue weighted by atomic mass is 19.4. The number of hydrogen-bond donors (Lipinski definition) is 2. The van der Waals surface area contributed by atoms with Crippen molar-refractivity contribution in [3.63, 3.8) is 0 Å². The van der Waals surface area contributed by atoms with E-state index in [-0.39, 0.29) is 0 Å². The van der Waals surface area contributed by atoms with Gasteiger partial charge in [-0.3, -0.25) is 5.32 Å². The third kappa shape index (κ3) is 6.89. The van der Waals surface area contributed by atoms with E-state index in [1.165, 1.54) is 32.9 Å². The lowest BCUT2D eigenvalue weighted by molar-refractivity contribution is -0.295. The first-order valence-corrected chi connectivity index (χ1v) is 11.5. The zero-order chi connectivity index (χ0) is 29.9. The van der Waals surface area contributed by atoms with Gasteiger partial charge in [-0.05, 0) is 32.4 Å². The van der Waals surface area contributed by atoms with Crippen LogP contribution in [0, 0.1) is 0 Å². The molecule has 1 unspecified atom stereocenters. The molecule has 0 aliphatic carbocycles. The maximum atomic E-state index is 14.5. The van der Waals surface area contributed by atoms with E-state index in [1.54, 1.807) is 18.2 Å². The zero-order valence-electron chi connectivity index (χ0n) is 21.4. The van der Waals surface area contributed by atoms with Crippen molar-refractivity contribution in [1.82, 2.24) is 15.2 Å². The minimum atomic E-state index is -5.13. The van der Waals surface area contributed by atoms with Crippen molar-refractivity contribution in [2.24, 2.45) is 0 Å². The zero-order valence-corrected chi connectivity index (χ0v) is 21.4. The minimum absolute atomic E-state index is 0.304. The summed E-state index contributed by atoms with van der Waals surface area (Å²) in [5, 5.41) is 18.9. The largest absolute Gasteiger partial charge is 0.493 e. The van der Waals surface area contributed by atoms with Crippen molar-refractivity contribution < 1.29 is 50.1 Å². The first-order chi connectivity index (χ1) is 18.5. The average molecular weight is 574 g/mol. The lowest BCUT2D eigenvalue weighted by atomic mass is 9.98. The first-order valence-electron chi connectivity index (χ1n) is 11.5. The summed E-state index contributed by atoms with van der Waals surface area (Å²) < 4.78 is 99.2. The number of nitrogens with one attached hydrogen (secondary N) is 1. The van der Waals surface area contributed by atoms with Crippen LogP contribution in [0.5, 0.6) is 5.88 Å². The summed E-state index contributed by atoms with van der Waals surface area (Å²) in [5.41, 5.74) is -7.02. The van der Waals surface area contributed by atoms with Gasteiger partial charge < -0.3 is 19.0 Å². The van der Waals surface area contributed by atoms with Gasteiger partial charge in [0, 0.05) is 6.42 Å². The van der Waals surface area contributed by atoms with Gasteiger partial charge in [0.05, 0.1) is 12.3 Å². The third-order valence-electron chi connectivity index (χ3n) is 5.13. The van der Waals surface area contributed by atoms with Gasteiger partial charge in [0.1, 0.15) is 11.2 Å². The van der Waals surface area contributed by atoms with E-state index in [0.29, 0.717) is 11.6 Å². The number of ether oxygens (including phenoxy) is 2. The number of anilines is 1. The van der Waals surface area contributed by atoms with Crippen LogP contribution in [0.3, 0.4) is 0 Å². The van der Waals surface area contributed by atoms with Crippen LogP contribution in [0.15, 0.2) is 53.5 Å². The molecule has 1 aromatic carbocycles. The number of nitrogens with zero attached hydrogens (tertiary/aromatic N) is 3. The number of amides is 1. The molecule has 15 heteroatoms. The Labute approximate surface area is 223 Å². The molecule has 2 heterocycles. The van der Waals surface area contributed by atoms with Crippen LogP contribution < -0.4 is 5.32 Å². The van der Waals surface area contributed by atoms with Gasteiger partial charge in [-0.15, -0.1) is 16.8 Å². The predicted octanol–water partition coefficient (Wildman–Crippen LogP) is 6.75. The van der Waals surface area contributed by atoms with Crippen molar-refractivity contribution >= 4 is 11.8 Å². The highest BCUT2D eigenvalue weighted by Crippen LogP contribution is 2.46. The lowest BCUT2D eigenvalue weighted by Gasteiger charge is -2.31. The van der Waals surface area contributed by atoms with Gasteiger partial charge in [0.25, 0.3) is 11.8 Å². The molecule has 1 atom stereocenters. The Balaban J connectivity index is 2.12. The number of carbonyl (C=O) groups excluding carboxylic acids is 1. The predicted molar refractivity (Wildman–Crippen MR) is 128 cm³/mol. The maximum absolute atomic E-state index is 14.5. The fourth-order valence-corrected chi connectivity index (χ4v) is 3.38. The van der Waals surface area contributed by atoms with E-state index in [9.17, 15) is 36.2 Å². The van der Waals surface area contributed by atoms with Gasteiger partial charge in [0.2, 0.25) is 11.5 Å². The molecule has 0 aliphatic heterocycles. The molecule has 9 nitrogen and oxygen atoms in total. The number of benzene rings is 1. The fraction of sp³-hybridized carbons (Fsp3) is 0.360. The molecule has 0 bridgehead atoms. The summed E-state index contributed by atoms with van der Waals surface area (Å²) in [7, 11) is 0. The molecule has 0 saturated carbocycles.